The Morgan fingerprint density at radius 3 is 2.04 bits per heavy atom. The molecule has 2 aromatic carbocycles. The molecule has 0 aliphatic heterocycles. The molecule has 144 valence electrons. The summed E-state index contributed by atoms with van der Waals surface area (Å²) in [5, 5.41) is 12.0. The summed E-state index contributed by atoms with van der Waals surface area (Å²) >= 11 is 0. The number of carboxylic acids is 1. The molecule has 0 bridgehead atoms. The van der Waals surface area contributed by atoms with Crippen LogP contribution < -0.4 is 5.32 Å². The van der Waals surface area contributed by atoms with Crippen LogP contribution in [0, 0.1) is 0 Å². The number of sulfone groups is 1. The van der Waals surface area contributed by atoms with Gasteiger partial charge >= 0.3 is 5.97 Å². The fourth-order valence-corrected chi connectivity index (χ4v) is 3.35. The first-order valence-corrected chi connectivity index (χ1v) is 10.2. The summed E-state index contributed by atoms with van der Waals surface area (Å²) < 4.78 is 23.6. The van der Waals surface area contributed by atoms with E-state index in [1.807, 2.05) is 0 Å². The average molecular weight is 389 g/mol. The Balaban J connectivity index is 2.03. The number of amides is 1. The number of carboxylic acid groups (broad SMARTS) is 1. The predicted octanol–water partition coefficient (Wildman–Crippen LogP) is 3.02. The Morgan fingerprint density at radius 1 is 1.00 bits per heavy atom. The summed E-state index contributed by atoms with van der Waals surface area (Å²) in [4.78, 5) is 23.7. The molecule has 2 aromatic rings. The van der Waals surface area contributed by atoms with E-state index in [2.05, 4.69) is 5.32 Å². The molecule has 7 heteroatoms. The molecular weight excluding hydrogens is 366 g/mol. The minimum Gasteiger partial charge on any atom is -0.481 e. The molecule has 0 atom stereocenters. The standard InChI is InChI=1S/C20H23NO5S/c1-4-27(25,26)17-11-5-14(6-12-17)13-18(22)21-16-9-7-15(8-10-16)20(2,3)19(23)24/h5-12H,4,13H2,1-3H3,(H,21,22)(H,23,24). The second kappa shape index (κ2) is 7.92. The summed E-state index contributed by atoms with van der Waals surface area (Å²) in [6.45, 7) is 4.82. The van der Waals surface area contributed by atoms with Gasteiger partial charge in [-0.25, -0.2) is 8.42 Å². The number of benzene rings is 2. The molecule has 27 heavy (non-hydrogen) atoms. The van der Waals surface area contributed by atoms with Crippen LogP contribution in [0.5, 0.6) is 0 Å². The van der Waals surface area contributed by atoms with E-state index in [-0.39, 0.29) is 23.0 Å². The molecular formula is C20H23NO5S. The van der Waals surface area contributed by atoms with Crippen molar-refractivity contribution in [3.63, 3.8) is 0 Å². The van der Waals surface area contributed by atoms with Crippen molar-refractivity contribution in [2.75, 3.05) is 11.1 Å². The number of carbonyl (C=O) groups excluding carboxylic acids is 1. The summed E-state index contributed by atoms with van der Waals surface area (Å²) in [5.41, 5.74) is 0.894. The van der Waals surface area contributed by atoms with E-state index in [0.29, 0.717) is 16.8 Å². The number of hydrogen-bond acceptors (Lipinski definition) is 4. The van der Waals surface area contributed by atoms with Gasteiger partial charge in [-0.05, 0) is 49.2 Å². The van der Waals surface area contributed by atoms with E-state index in [1.165, 1.54) is 12.1 Å². The largest absolute Gasteiger partial charge is 0.481 e. The van der Waals surface area contributed by atoms with E-state index in [1.54, 1.807) is 57.2 Å². The van der Waals surface area contributed by atoms with Gasteiger partial charge in [-0.3, -0.25) is 9.59 Å². The Bertz CT molecular complexity index is 929. The lowest BCUT2D eigenvalue weighted by Crippen LogP contribution is -2.28. The van der Waals surface area contributed by atoms with Crippen molar-refractivity contribution >= 4 is 27.4 Å². The van der Waals surface area contributed by atoms with Gasteiger partial charge in [0.15, 0.2) is 9.84 Å². The van der Waals surface area contributed by atoms with E-state index in [4.69, 9.17) is 0 Å². The lowest BCUT2D eigenvalue weighted by atomic mass is 9.85. The lowest BCUT2D eigenvalue weighted by Gasteiger charge is -2.19. The van der Waals surface area contributed by atoms with Crippen molar-refractivity contribution in [2.24, 2.45) is 0 Å². The zero-order valence-corrected chi connectivity index (χ0v) is 16.3. The lowest BCUT2D eigenvalue weighted by molar-refractivity contribution is -0.142. The molecule has 1 amide bonds. The molecule has 0 aromatic heterocycles. The van der Waals surface area contributed by atoms with Gasteiger partial charge in [0.1, 0.15) is 0 Å². The van der Waals surface area contributed by atoms with Gasteiger partial charge in [0.05, 0.1) is 22.5 Å². The molecule has 0 aliphatic carbocycles. The normalized spacial score (nSPS) is 11.8. The number of nitrogens with one attached hydrogen (secondary N) is 1. The van der Waals surface area contributed by atoms with Gasteiger partial charge in [0.25, 0.3) is 0 Å². The molecule has 0 radical (unpaired) electrons. The Hall–Kier alpha value is -2.67. The molecule has 0 saturated heterocycles. The van der Waals surface area contributed by atoms with Crippen molar-refractivity contribution in [1.82, 2.24) is 0 Å². The fraction of sp³-hybridized carbons (Fsp3) is 0.300. The van der Waals surface area contributed by atoms with Crippen molar-refractivity contribution in [1.29, 1.82) is 0 Å². The minimum absolute atomic E-state index is 0.0293. The third-order valence-corrected chi connectivity index (χ3v) is 6.20. The zero-order chi connectivity index (χ0) is 20.2. The molecule has 0 heterocycles. The quantitative estimate of drug-likeness (QED) is 0.758. The fourth-order valence-electron chi connectivity index (χ4n) is 2.47. The van der Waals surface area contributed by atoms with Gasteiger partial charge in [-0.1, -0.05) is 31.2 Å². The van der Waals surface area contributed by atoms with Gasteiger partial charge in [-0.15, -0.1) is 0 Å². The maximum atomic E-state index is 12.2. The van der Waals surface area contributed by atoms with Gasteiger partial charge in [0.2, 0.25) is 5.91 Å². The van der Waals surface area contributed by atoms with Crippen molar-refractivity contribution < 1.29 is 23.1 Å². The maximum Gasteiger partial charge on any atom is 0.313 e. The van der Waals surface area contributed by atoms with Gasteiger partial charge < -0.3 is 10.4 Å². The highest BCUT2D eigenvalue weighted by molar-refractivity contribution is 7.91. The number of anilines is 1. The van der Waals surface area contributed by atoms with E-state index in [0.717, 1.165) is 0 Å². The van der Waals surface area contributed by atoms with Crippen LogP contribution in [0.4, 0.5) is 5.69 Å². The second-order valence-corrected chi connectivity index (χ2v) is 9.06. The molecule has 0 fully saturated rings. The minimum atomic E-state index is -3.26. The highest BCUT2D eigenvalue weighted by Gasteiger charge is 2.29. The zero-order valence-electron chi connectivity index (χ0n) is 15.5. The van der Waals surface area contributed by atoms with Crippen LogP contribution in [-0.2, 0) is 31.3 Å². The molecule has 0 saturated carbocycles. The van der Waals surface area contributed by atoms with Gasteiger partial charge in [-0.2, -0.15) is 0 Å². The number of rotatable bonds is 7. The number of carbonyl (C=O) groups is 2. The summed E-state index contributed by atoms with van der Waals surface area (Å²) in [5.74, 6) is -1.14. The third-order valence-electron chi connectivity index (χ3n) is 4.45. The molecule has 2 rings (SSSR count). The van der Waals surface area contributed by atoms with Crippen molar-refractivity contribution in [3.05, 3.63) is 59.7 Å². The van der Waals surface area contributed by atoms with Crippen LogP contribution in [0.2, 0.25) is 0 Å². The highest BCUT2D eigenvalue weighted by Crippen LogP contribution is 2.25. The molecule has 2 N–H and O–H groups in total. The summed E-state index contributed by atoms with van der Waals surface area (Å²) in [7, 11) is -3.26. The smallest absolute Gasteiger partial charge is 0.313 e. The first-order valence-electron chi connectivity index (χ1n) is 8.51. The van der Waals surface area contributed by atoms with Crippen molar-refractivity contribution in [3.8, 4) is 0 Å². The van der Waals surface area contributed by atoms with Crippen molar-refractivity contribution in [2.45, 2.75) is 37.5 Å². The average Bonchev–Trinajstić information content (AvgIpc) is 2.62. The summed E-state index contributed by atoms with van der Waals surface area (Å²) in [6.07, 6.45) is 0.106. The first kappa shape index (κ1) is 20.6. The SMILES string of the molecule is CCS(=O)(=O)c1ccc(CC(=O)Nc2ccc(C(C)(C)C(=O)O)cc2)cc1. The number of hydrogen-bond donors (Lipinski definition) is 2. The van der Waals surface area contributed by atoms with Crippen LogP contribution in [0.25, 0.3) is 0 Å². The Morgan fingerprint density at radius 2 is 1.56 bits per heavy atom. The monoisotopic (exact) mass is 389 g/mol. The van der Waals surface area contributed by atoms with E-state index >= 15 is 0 Å². The highest BCUT2D eigenvalue weighted by atomic mass is 32.2. The van der Waals surface area contributed by atoms with Crippen LogP contribution in [0.15, 0.2) is 53.4 Å². The van der Waals surface area contributed by atoms with E-state index < -0.39 is 21.2 Å². The van der Waals surface area contributed by atoms with Crippen LogP contribution in [-0.4, -0.2) is 31.2 Å². The van der Waals surface area contributed by atoms with Gasteiger partial charge in [0, 0.05) is 5.69 Å². The first-order chi connectivity index (χ1) is 12.6. The Labute approximate surface area is 159 Å². The van der Waals surface area contributed by atoms with Crippen LogP contribution >= 0.6 is 0 Å². The van der Waals surface area contributed by atoms with E-state index in [9.17, 15) is 23.1 Å². The maximum absolute atomic E-state index is 12.2. The topological polar surface area (TPSA) is 101 Å². The number of aliphatic carboxylic acids is 1. The molecule has 0 spiro atoms. The molecule has 6 nitrogen and oxygen atoms in total. The molecule has 0 unspecified atom stereocenters. The third kappa shape index (κ3) is 4.95. The van der Waals surface area contributed by atoms with Crippen LogP contribution in [0.3, 0.4) is 0 Å². The predicted molar refractivity (Wildman–Crippen MR) is 104 cm³/mol. The second-order valence-electron chi connectivity index (χ2n) is 6.78. The molecule has 0 aliphatic rings. The van der Waals surface area contributed by atoms with Crippen LogP contribution in [0.1, 0.15) is 31.9 Å². The summed E-state index contributed by atoms with van der Waals surface area (Å²) in [6, 6.07) is 12.9. The Kier molecular flexibility index (Phi) is 6.05.